The van der Waals surface area contributed by atoms with Gasteiger partial charge in [-0.25, -0.2) is 0 Å². The zero-order chi connectivity index (χ0) is 25.1. The minimum Gasteiger partial charge on any atom is -0.507 e. The van der Waals surface area contributed by atoms with Crippen LogP contribution in [0.1, 0.15) is 24.1 Å². The Kier molecular flexibility index (Phi) is 6.98. The van der Waals surface area contributed by atoms with Gasteiger partial charge in [0.05, 0.1) is 38.0 Å². The lowest BCUT2D eigenvalue weighted by Gasteiger charge is -2.26. The van der Waals surface area contributed by atoms with E-state index in [-0.39, 0.29) is 16.9 Å². The lowest BCUT2D eigenvalue weighted by Crippen LogP contribution is -2.29. The Morgan fingerprint density at radius 1 is 0.971 bits per heavy atom. The second kappa shape index (κ2) is 10.1. The van der Waals surface area contributed by atoms with E-state index in [4.69, 9.17) is 25.8 Å². The van der Waals surface area contributed by atoms with Gasteiger partial charge in [-0.3, -0.25) is 14.5 Å². The Morgan fingerprint density at radius 2 is 1.71 bits per heavy atom. The average Bonchev–Trinajstić information content (AvgIpc) is 3.14. The van der Waals surface area contributed by atoms with Crippen LogP contribution in [0.3, 0.4) is 0 Å². The van der Waals surface area contributed by atoms with Crippen LogP contribution in [0.2, 0.25) is 5.02 Å². The molecule has 3 aromatic carbocycles. The lowest BCUT2D eigenvalue weighted by molar-refractivity contribution is -0.132. The van der Waals surface area contributed by atoms with Gasteiger partial charge in [0.2, 0.25) is 0 Å². The molecule has 1 N–H and O–H groups in total. The highest BCUT2D eigenvalue weighted by atomic mass is 35.5. The van der Waals surface area contributed by atoms with Crippen molar-refractivity contribution in [2.45, 2.75) is 13.0 Å². The molecule has 1 heterocycles. The Bertz CT molecular complexity index is 1300. The van der Waals surface area contributed by atoms with Crippen molar-refractivity contribution in [1.82, 2.24) is 0 Å². The molecule has 8 heteroatoms. The zero-order valence-corrected chi connectivity index (χ0v) is 20.2. The smallest absolute Gasteiger partial charge is 0.300 e. The van der Waals surface area contributed by atoms with Gasteiger partial charge < -0.3 is 19.3 Å². The molecule has 3 aromatic rings. The summed E-state index contributed by atoms with van der Waals surface area (Å²) in [5, 5.41) is 11.9. The summed E-state index contributed by atoms with van der Waals surface area (Å²) in [4.78, 5) is 28.0. The minimum atomic E-state index is -0.924. The second-order valence-electron chi connectivity index (χ2n) is 7.72. The van der Waals surface area contributed by atoms with Crippen LogP contribution in [0.5, 0.6) is 17.2 Å². The van der Waals surface area contributed by atoms with E-state index in [1.807, 2.05) is 6.92 Å². The summed E-state index contributed by atoms with van der Waals surface area (Å²) in [6, 6.07) is 17.6. The van der Waals surface area contributed by atoms with Crippen molar-refractivity contribution in [3.05, 3.63) is 88.5 Å². The van der Waals surface area contributed by atoms with Gasteiger partial charge in [0, 0.05) is 10.7 Å². The van der Waals surface area contributed by atoms with Crippen molar-refractivity contribution < 1.29 is 28.9 Å². The Hall–Kier alpha value is -3.97. The van der Waals surface area contributed by atoms with E-state index < -0.39 is 17.7 Å². The summed E-state index contributed by atoms with van der Waals surface area (Å²) < 4.78 is 16.3. The molecule has 0 saturated carbocycles. The number of benzene rings is 3. The first-order chi connectivity index (χ1) is 16.9. The molecule has 0 aliphatic carbocycles. The maximum absolute atomic E-state index is 13.4. The van der Waals surface area contributed by atoms with E-state index in [0.29, 0.717) is 40.1 Å². The average molecular weight is 494 g/mol. The van der Waals surface area contributed by atoms with Crippen molar-refractivity contribution >= 4 is 34.7 Å². The number of amides is 1. The van der Waals surface area contributed by atoms with Crippen LogP contribution >= 0.6 is 11.6 Å². The molecule has 0 aromatic heterocycles. The summed E-state index contributed by atoms with van der Waals surface area (Å²) in [5.41, 5.74) is 1.20. The fourth-order valence-electron chi connectivity index (χ4n) is 4.10. The lowest BCUT2D eigenvalue weighted by atomic mass is 9.94. The van der Waals surface area contributed by atoms with Crippen LogP contribution < -0.4 is 19.1 Å². The van der Waals surface area contributed by atoms with Crippen molar-refractivity contribution in [2.24, 2.45) is 0 Å². The Labute approximate surface area is 208 Å². The number of aliphatic hydroxyl groups is 1. The second-order valence-corrected chi connectivity index (χ2v) is 8.15. The van der Waals surface area contributed by atoms with Gasteiger partial charge in [-0.1, -0.05) is 23.7 Å². The van der Waals surface area contributed by atoms with E-state index in [2.05, 4.69) is 0 Å². The third-order valence-electron chi connectivity index (χ3n) is 5.70. The molecule has 1 fully saturated rings. The summed E-state index contributed by atoms with van der Waals surface area (Å²) in [5.74, 6) is -0.623. The molecule has 1 aliphatic heterocycles. The van der Waals surface area contributed by atoms with Crippen LogP contribution in [0.25, 0.3) is 5.76 Å². The molecule has 1 saturated heterocycles. The fourth-order valence-corrected chi connectivity index (χ4v) is 4.23. The third kappa shape index (κ3) is 4.55. The summed E-state index contributed by atoms with van der Waals surface area (Å²) >= 11 is 6.05. The molecule has 1 amide bonds. The van der Waals surface area contributed by atoms with Gasteiger partial charge in [0.15, 0.2) is 0 Å². The molecule has 180 valence electrons. The Morgan fingerprint density at radius 3 is 2.37 bits per heavy atom. The highest BCUT2D eigenvalue weighted by molar-refractivity contribution is 6.51. The number of carbonyl (C=O) groups is 2. The van der Waals surface area contributed by atoms with Crippen LogP contribution in [0, 0.1) is 0 Å². The first-order valence-electron chi connectivity index (χ1n) is 10.9. The third-order valence-corrected chi connectivity index (χ3v) is 5.95. The van der Waals surface area contributed by atoms with Crippen molar-refractivity contribution in [2.75, 3.05) is 25.7 Å². The number of methoxy groups -OCH3 is 2. The topological polar surface area (TPSA) is 85.3 Å². The van der Waals surface area contributed by atoms with Gasteiger partial charge in [0.25, 0.3) is 11.7 Å². The number of carbonyl (C=O) groups excluding carboxylic acids is 2. The van der Waals surface area contributed by atoms with Crippen LogP contribution in [-0.2, 0) is 9.59 Å². The summed E-state index contributed by atoms with van der Waals surface area (Å²) in [6.07, 6.45) is 0. The first-order valence-corrected chi connectivity index (χ1v) is 11.3. The predicted octanol–water partition coefficient (Wildman–Crippen LogP) is 5.38. The molecule has 35 heavy (non-hydrogen) atoms. The monoisotopic (exact) mass is 493 g/mol. The molecule has 1 atom stereocenters. The van der Waals surface area contributed by atoms with E-state index in [1.165, 1.54) is 19.1 Å². The number of halogens is 1. The number of hydrogen-bond donors (Lipinski definition) is 1. The highest BCUT2D eigenvalue weighted by Crippen LogP contribution is 2.44. The number of rotatable bonds is 7. The standard InChI is InChI=1S/C27H24ClNO6/c1-4-35-20-7-5-6-16(14-20)24-23(25(30)21-15-19(33-2)12-13-22(21)34-3)26(31)27(32)29(24)18-10-8-17(28)9-11-18/h5-15,24,30H,4H2,1-3H3/b25-23+. The molecular weight excluding hydrogens is 470 g/mol. The fraction of sp³-hybridized carbons (Fsp3) is 0.185. The SMILES string of the molecule is CCOc1cccc(C2/C(=C(\O)c3cc(OC)ccc3OC)C(=O)C(=O)N2c2ccc(Cl)cc2)c1. The number of nitrogens with zero attached hydrogens (tertiary/aromatic N) is 1. The van der Waals surface area contributed by atoms with Crippen molar-refractivity contribution in [3.63, 3.8) is 0 Å². The normalized spacial score (nSPS) is 16.9. The molecule has 0 radical (unpaired) electrons. The van der Waals surface area contributed by atoms with Gasteiger partial charge in [-0.2, -0.15) is 0 Å². The number of aliphatic hydroxyl groups excluding tert-OH is 1. The van der Waals surface area contributed by atoms with Crippen LogP contribution in [0.4, 0.5) is 5.69 Å². The number of anilines is 1. The minimum absolute atomic E-state index is 0.0786. The van der Waals surface area contributed by atoms with Gasteiger partial charge >= 0.3 is 0 Å². The zero-order valence-electron chi connectivity index (χ0n) is 19.4. The number of ketones is 1. The largest absolute Gasteiger partial charge is 0.507 e. The van der Waals surface area contributed by atoms with Crippen LogP contribution in [-0.4, -0.2) is 37.6 Å². The van der Waals surface area contributed by atoms with E-state index in [9.17, 15) is 14.7 Å². The number of ether oxygens (including phenoxy) is 3. The quantitative estimate of drug-likeness (QED) is 0.270. The molecular formula is C27H24ClNO6. The molecule has 0 bridgehead atoms. The maximum Gasteiger partial charge on any atom is 0.300 e. The summed E-state index contributed by atoms with van der Waals surface area (Å²) in [6.45, 7) is 2.31. The number of hydrogen-bond acceptors (Lipinski definition) is 6. The molecule has 4 rings (SSSR count). The van der Waals surface area contributed by atoms with E-state index >= 15 is 0 Å². The Balaban J connectivity index is 1.98. The van der Waals surface area contributed by atoms with E-state index in [1.54, 1.807) is 66.7 Å². The van der Waals surface area contributed by atoms with Crippen molar-refractivity contribution in [1.29, 1.82) is 0 Å². The molecule has 0 spiro atoms. The van der Waals surface area contributed by atoms with Gasteiger partial charge in [-0.05, 0) is 67.1 Å². The molecule has 7 nitrogen and oxygen atoms in total. The van der Waals surface area contributed by atoms with Crippen LogP contribution in [0.15, 0.2) is 72.3 Å². The van der Waals surface area contributed by atoms with Crippen molar-refractivity contribution in [3.8, 4) is 17.2 Å². The van der Waals surface area contributed by atoms with E-state index in [0.717, 1.165) is 0 Å². The molecule has 1 unspecified atom stereocenters. The van der Waals surface area contributed by atoms with Gasteiger partial charge in [0.1, 0.15) is 23.0 Å². The molecule has 1 aliphatic rings. The highest BCUT2D eigenvalue weighted by Gasteiger charge is 2.47. The predicted molar refractivity (Wildman–Crippen MR) is 133 cm³/mol. The first kappa shape index (κ1) is 24.2. The number of Topliss-reactive ketones (excluding diaryl/α,β-unsaturated/α-hetero) is 1. The summed E-state index contributed by atoms with van der Waals surface area (Å²) in [7, 11) is 2.94. The maximum atomic E-state index is 13.4. The van der Waals surface area contributed by atoms with Gasteiger partial charge in [-0.15, -0.1) is 0 Å².